The number of methoxy groups -OCH3 is 1. The highest BCUT2D eigenvalue weighted by Crippen LogP contribution is 2.29. The van der Waals surface area contributed by atoms with Gasteiger partial charge in [0.15, 0.2) is 0 Å². The van der Waals surface area contributed by atoms with E-state index in [-0.39, 0.29) is 4.90 Å². The Kier molecular flexibility index (Phi) is 5.93. The molecule has 6 nitrogen and oxygen atoms in total. The number of ether oxygens (including phenoxy) is 1. The summed E-state index contributed by atoms with van der Waals surface area (Å²) < 4.78 is 33.1. The van der Waals surface area contributed by atoms with Crippen molar-refractivity contribution in [1.82, 2.24) is 14.6 Å². The van der Waals surface area contributed by atoms with Gasteiger partial charge in [-0.3, -0.25) is 4.98 Å². The van der Waals surface area contributed by atoms with Gasteiger partial charge in [-0.05, 0) is 56.4 Å². The van der Waals surface area contributed by atoms with Crippen LogP contribution in [0, 0.1) is 6.92 Å². The topological polar surface area (TPSA) is 71.5 Å². The van der Waals surface area contributed by atoms with Crippen LogP contribution < -0.4 is 9.46 Å². The largest absolute Gasteiger partial charge is 0.495 e. The average Bonchev–Trinajstić information content (AvgIpc) is 2.53. The van der Waals surface area contributed by atoms with Crippen molar-refractivity contribution in [2.45, 2.75) is 11.8 Å². The van der Waals surface area contributed by atoms with E-state index in [9.17, 15) is 8.42 Å². The Labute approximate surface area is 143 Å². The van der Waals surface area contributed by atoms with Crippen LogP contribution in [-0.2, 0) is 10.0 Å². The molecule has 24 heavy (non-hydrogen) atoms. The number of pyridine rings is 1. The first-order valence-corrected chi connectivity index (χ1v) is 9.07. The maximum atomic E-state index is 12.6. The number of rotatable bonds is 7. The second-order valence-electron chi connectivity index (χ2n) is 5.75. The van der Waals surface area contributed by atoms with Gasteiger partial charge in [0.2, 0.25) is 10.0 Å². The fourth-order valence-electron chi connectivity index (χ4n) is 2.27. The lowest BCUT2D eigenvalue weighted by Crippen LogP contribution is -2.31. The third-order valence-corrected chi connectivity index (χ3v) is 5.02. The summed E-state index contributed by atoms with van der Waals surface area (Å²) in [7, 11) is 1.59. The van der Waals surface area contributed by atoms with Crippen LogP contribution in [0.5, 0.6) is 5.75 Å². The molecule has 1 aromatic carbocycles. The Balaban J connectivity index is 2.39. The molecule has 7 heteroatoms. The van der Waals surface area contributed by atoms with Crippen LogP contribution in [0.3, 0.4) is 0 Å². The van der Waals surface area contributed by atoms with Crippen molar-refractivity contribution in [1.29, 1.82) is 0 Å². The fraction of sp³-hybridized carbons (Fsp3) is 0.353. The molecule has 0 aliphatic rings. The summed E-state index contributed by atoms with van der Waals surface area (Å²) in [5.41, 5.74) is 2.58. The molecular formula is C17H23N3O3S. The second-order valence-corrected chi connectivity index (χ2v) is 7.49. The van der Waals surface area contributed by atoms with Gasteiger partial charge in [-0.15, -0.1) is 0 Å². The van der Waals surface area contributed by atoms with Crippen LogP contribution in [-0.4, -0.2) is 52.6 Å². The summed E-state index contributed by atoms with van der Waals surface area (Å²) >= 11 is 0. The standard InChI is InChI=1S/C17H23N3O3S/c1-13-11-15(7-8-18-13)14-5-6-16(23-4)17(12-14)24(21,22)19-9-10-20(2)3/h5-8,11-12,19H,9-10H2,1-4H3. The summed E-state index contributed by atoms with van der Waals surface area (Å²) in [5, 5.41) is 0. The number of nitrogens with zero attached hydrogens (tertiary/aromatic N) is 2. The first-order chi connectivity index (χ1) is 11.3. The third kappa shape index (κ3) is 4.53. The Morgan fingerprint density at radius 1 is 1.17 bits per heavy atom. The van der Waals surface area contributed by atoms with E-state index in [2.05, 4.69) is 9.71 Å². The van der Waals surface area contributed by atoms with Crippen LogP contribution in [0.25, 0.3) is 11.1 Å². The lowest BCUT2D eigenvalue weighted by Gasteiger charge is -2.14. The zero-order chi connectivity index (χ0) is 17.7. The molecule has 0 fully saturated rings. The number of aromatic nitrogens is 1. The summed E-state index contributed by atoms with van der Waals surface area (Å²) in [4.78, 5) is 6.21. The number of sulfonamides is 1. The fourth-order valence-corrected chi connectivity index (χ4v) is 3.49. The monoisotopic (exact) mass is 349 g/mol. The van der Waals surface area contributed by atoms with E-state index in [1.807, 2.05) is 44.1 Å². The first kappa shape index (κ1) is 18.4. The second kappa shape index (κ2) is 7.74. The van der Waals surface area contributed by atoms with Gasteiger partial charge in [0.25, 0.3) is 0 Å². The Bertz CT molecular complexity index is 804. The highest BCUT2D eigenvalue weighted by Gasteiger charge is 2.20. The van der Waals surface area contributed by atoms with Crippen molar-refractivity contribution in [3.63, 3.8) is 0 Å². The van der Waals surface area contributed by atoms with E-state index < -0.39 is 10.0 Å². The van der Waals surface area contributed by atoms with E-state index in [1.165, 1.54) is 7.11 Å². The van der Waals surface area contributed by atoms with E-state index >= 15 is 0 Å². The Morgan fingerprint density at radius 2 is 1.88 bits per heavy atom. The highest BCUT2D eigenvalue weighted by atomic mass is 32.2. The maximum Gasteiger partial charge on any atom is 0.244 e. The molecule has 0 bridgehead atoms. The van der Waals surface area contributed by atoms with Gasteiger partial charge < -0.3 is 9.64 Å². The van der Waals surface area contributed by atoms with Gasteiger partial charge in [-0.25, -0.2) is 13.1 Å². The van der Waals surface area contributed by atoms with Gasteiger partial charge in [0, 0.05) is 25.0 Å². The number of benzene rings is 1. The first-order valence-electron chi connectivity index (χ1n) is 7.59. The molecule has 130 valence electrons. The van der Waals surface area contributed by atoms with E-state index in [4.69, 9.17) is 4.74 Å². The molecular weight excluding hydrogens is 326 g/mol. The molecule has 2 rings (SSSR count). The number of hydrogen-bond acceptors (Lipinski definition) is 5. The van der Waals surface area contributed by atoms with Crippen molar-refractivity contribution in [2.24, 2.45) is 0 Å². The van der Waals surface area contributed by atoms with Gasteiger partial charge in [0.05, 0.1) is 7.11 Å². The smallest absolute Gasteiger partial charge is 0.244 e. The van der Waals surface area contributed by atoms with E-state index in [0.717, 1.165) is 16.8 Å². The lowest BCUT2D eigenvalue weighted by atomic mass is 10.1. The number of likely N-dealkylation sites (N-methyl/N-ethyl adjacent to an activating group) is 1. The predicted octanol–water partition coefficient (Wildman–Crippen LogP) is 1.91. The Hall–Kier alpha value is -1.96. The average molecular weight is 349 g/mol. The highest BCUT2D eigenvalue weighted by molar-refractivity contribution is 7.89. The SMILES string of the molecule is COc1ccc(-c2ccnc(C)c2)cc1S(=O)(=O)NCCN(C)C. The van der Waals surface area contributed by atoms with Gasteiger partial charge in [-0.2, -0.15) is 0 Å². The zero-order valence-electron chi connectivity index (χ0n) is 14.4. The quantitative estimate of drug-likeness (QED) is 0.827. The molecule has 1 aromatic heterocycles. The molecule has 0 radical (unpaired) electrons. The third-order valence-electron chi connectivity index (χ3n) is 3.53. The zero-order valence-corrected chi connectivity index (χ0v) is 15.2. The van der Waals surface area contributed by atoms with E-state index in [0.29, 0.717) is 18.8 Å². The minimum atomic E-state index is -3.66. The van der Waals surface area contributed by atoms with Crippen LogP contribution in [0.1, 0.15) is 5.69 Å². The van der Waals surface area contributed by atoms with Crippen molar-refractivity contribution in [3.05, 3.63) is 42.2 Å². The van der Waals surface area contributed by atoms with Crippen molar-refractivity contribution < 1.29 is 13.2 Å². The Morgan fingerprint density at radius 3 is 2.50 bits per heavy atom. The molecule has 1 N–H and O–H groups in total. The lowest BCUT2D eigenvalue weighted by molar-refractivity contribution is 0.400. The molecule has 0 atom stereocenters. The number of aryl methyl sites for hydroxylation is 1. The normalized spacial score (nSPS) is 11.7. The van der Waals surface area contributed by atoms with Crippen LogP contribution in [0.15, 0.2) is 41.4 Å². The van der Waals surface area contributed by atoms with Gasteiger partial charge in [0.1, 0.15) is 10.6 Å². The molecule has 1 heterocycles. The van der Waals surface area contributed by atoms with Crippen molar-refractivity contribution in [2.75, 3.05) is 34.3 Å². The van der Waals surface area contributed by atoms with Gasteiger partial charge in [-0.1, -0.05) is 6.07 Å². The summed E-state index contributed by atoms with van der Waals surface area (Å²) in [6.45, 7) is 2.84. The van der Waals surface area contributed by atoms with E-state index in [1.54, 1.807) is 18.3 Å². The van der Waals surface area contributed by atoms with Crippen molar-refractivity contribution >= 4 is 10.0 Å². The maximum absolute atomic E-state index is 12.6. The molecule has 2 aromatic rings. The predicted molar refractivity (Wildman–Crippen MR) is 94.7 cm³/mol. The van der Waals surface area contributed by atoms with Crippen LogP contribution >= 0.6 is 0 Å². The summed E-state index contributed by atoms with van der Waals surface area (Å²) in [6.07, 6.45) is 1.71. The van der Waals surface area contributed by atoms with Crippen LogP contribution in [0.4, 0.5) is 0 Å². The summed E-state index contributed by atoms with van der Waals surface area (Å²) in [5.74, 6) is 0.321. The molecule has 0 saturated heterocycles. The van der Waals surface area contributed by atoms with Crippen molar-refractivity contribution in [3.8, 4) is 16.9 Å². The minimum absolute atomic E-state index is 0.135. The molecule has 0 spiro atoms. The molecule has 0 unspecified atom stereocenters. The minimum Gasteiger partial charge on any atom is -0.495 e. The number of nitrogens with one attached hydrogen (secondary N) is 1. The molecule has 0 aliphatic carbocycles. The molecule has 0 saturated carbocycles. The van der Waals surface area contributed by atoms with Gasteiger partial charge >= 0.3 is 0 Å². The number of hydrogen-bond donors (Lipinski definition) is 1. The van der Waals surface area contributed by atoms with Crippen LogP contribution in [0.2, 0.25) is 0 Å². The molecule has 0 aliphatic heterocycles. The summed E-state index contributed by atoms with van der Waals surface area (Å²) in [6, 6.07) is 8.91. The molecule has 0 amide bonds.